The lowest BCUT2D eigenvalue weighted by atomic mass is 10.2. The van der Waals surface area contributed by atoms with Crippen molar-refractivity contribution in [3.8, 4) is 0 Å². The summed E-state index contributed by atoms with van der Waals surface area (Å²) in [6, 6.07) is 2.14. The van der Waals surface area contributed by atoms with Gasteiger partial charge in [-0.25, -0.2) is 17.6 Å². The standard InChI is InChI=1S/C13H17BrFNO4S/c1-3-16(4-2)5-6-21(19,20)11-8-9(14)7-10(12(11)15)13(17)18/h7-8H,3-6H2,1-2H3,(H,17,18). The second-order valence-corrected chi connectivity index (χ2v) is 7.41. The molecule has 1 aromatic rings. The molecule has 1 N–H and O–H groups in total. The van der Waals surface area contributed by atoms with E-state index in [0.717, 1.165) is 12.1 Å². The van der Waals surface area contributed by atoms with Crippen molar-refractivity contribution >= 4 is 31.7 Å². The average molecular weight is 382 g/mol. The van der Waals surface area contributed by atoms with Crippen molar-refractivity contribution in [2.75, 3.05) is 25.4 Å². The first-order valence-corrected chi connectivity index (χ1v) is 8.84. The van der Waals surface area contributed by atoms with Crippen LogP contribution in [0.2, 0.25) is 0 Å². The molecule has 0 aliphatic carbocycles. The molecule has 118 valence electrons. The van der Waals surface area contributed by atoms with E-state index in [-0.39, 0.29) is 16.8 Å². The van der Waals surface area contributed by atoms with Gasteiger partial charge in [0, 0.05) is 11.0 Å². The van der Waals surface area contributed by atoms with E-state index in [4.69, 9.17) is 5.11 Å². The quantitative estimate of drug-likeness (QED) is 0.784. The van der Waals surface area contributed by atoms with E-state index in [9.17, 15) is 17.6 Å². The first-order chi connectivity index (χ1) is 9.72. The summed E-state index contributed by atoms with van der Waals surface area (Å²) >= 11 is 3.01. The van der Waals surface area contributed by atoms with Crippen LogP contribution in [0.5, 0.6) is 0 Å². The third-order valence-electron chi connectivity index (χ3n) is 3.14. The maximum atomic E-state index is 14.1. The number of carbonyl (C=O) groups is 1. The molecule has 0 fully saturated rings. The van der Waals surface area contributed by atoms with Crippen LogP contribution in [0.15, 0.2) is 21.5 Å². The summed E-state index contributed by atoms with van der Waals surface area (Å²) < 4.78 is 38.8. The van der Waals surface area contributed by atoms with Crippen molar-refractivity contribution in [2.45, 2.75) is 18.7 Å². The number of halogens is 2. The van der Waals surface area contributed by atoms with E-state index in [0.29, 0.717) is 13.1 Å². The zero-order valence-corrected chi connectivity index (χ0v) is 14.2. The Hall–Kier alpha value is -0.990. The number of hydrogen-bond donors (Lipinski definition) is 1. The number of sulfone groups is 1. The zero-order valence-electron chi connectivity index (χ0n) is 11.8. The number of hydrogen-bond acceptors (Lipinski definition) is 4. The molecule has 5 nitrogen and oxygen atoms in total. The fourth-order valence-corrected chi connectivity index (χ4v) is 3.86. The van der Waals surface area contributed by atoms with Crippen LogP contribution in [-0.2, 0) is 9.84 Å². The molecule has 21 heavy (non-hydrogen) atoms. The maximum Gasteiger partial charge on any atom is 0.338 e. The van der Waals surface area contributed by atoms with Crippen LogP contribution in [0, 0.1) is 5.82 Å². The normalized spacial score (nSPS) is 11.9. The molecule has 0 aliphatic rings. The highest BCUT2D eigenvalue weighted by Gasteiger charge is 2.25. The lowest BCUT2D eigenvalue weighted by Gasteiger charge is -2.18. The molecule has 0 saturated carbocycles. The molecule has 0 aromatic heterocycles. The number of carboxylic acid groups (broad SMARTS) is 1. The molecular formula is C13H17BrFNO4S. The number of rotatable bonds is 7. The molecule has 1 aromatic carbocycles. The molecule has 0 bridgehead atoms. The molecule has 0 aliphatic heterocycles. The van der Waals surface area contributed by atoms with Crippen LogP contribution >= 0.6 is 15.9 Å². The molecule has 8 heteroatoms. The van der Waals surface area contributed by atoms with E-state index in [1.807, 2.05) is 18.7 Å². The van der Waals surface area contributed by atoms with E-state index >= 15 is 0 Å². The second kappa shape index (κ2) is 7.33. The maximum absolute atomic E-state index is 14.1. The Morgan fingerprint density at radius 3 is 2.38 bits per heavy atom. The van der Waals surface area contributed by atoms with Gasteiger partial charge >= 0.3 is 5.97 Å². The Labute approximate surface area is 131 Å². The van der Waals surface area contributed by atoms with Crippen LogP contribution in [0.3, 0.4) is 0 Å². The fraction of sp³-hybridized carbons (Fsp3) is 0.462. The molecule has 0 atom stereocenters. The highest BCUT2D eigenvalue weighted by atomic mass is 79.9. The summed E-state index contributed by atoms with van der Waals surface area (Å²) in [6.45, 7) is 5.45. The predicted octanol–water partition coefficient (Wildman–Crippen LogP) is 2.40. The average Bonchev–Trinajstić information content (AvgIpc) is 2.41. The number of benzene rings is 1. The zero-order chi connectivity index (χ0) is 16.2. The van der Waals surface area contributed by atoms with Crippen molar-refractivity contribution in [3.63, 3.8) is 0 Å². The summed E-state index contributed by atoms with van der Waals surface area (Å²) in [5.74, 6) is -2.99. The Morgan fingerprint density at radius 1 is 1.33 bits per heavy atom. The topological polar surface area (TPSA) is 74.7 Å². The summed E-state index contributed by atoms with van der Waals surface area (Å²) in [4.78, 5) is 12.3. The third-order valence-corrected chi connectivity index (χ3v) is 5.29. The van der Waals surface area contributed by atoms with Gasteiger partial charge in [0.05, 0.1) is 11.3 Å². The smallest absolute Gasteiger partial charge is 0.338 e. The molecule has 0 radical (unpaired) electrons. The Morgan fingerprint density at radius 2 is 1.90 bits per heavy atom. The van der Waals surface area contributed by atoms with Gasteiger partial charge in [-0.1, -0.05) is 29.8 Å². The molecule has 0 saturated heterocycles. The summed E-state index contributed by atoms with van der Waals surface area (Å²) in [7, 11) is -3.89. The van der Waals surface area contributed by atoms with Gasteiger partial charge in [0.15, 0.2) is 15.7 Å². The van der Waals surface area contributed by atoms with E-state index in [1.54, 1.807) is 0 Å². The molecular weight excluding hydrogens is 365 g/mol. The van der Waals surface area contributed by atoms with Gasteiger partial charge in [0.25, 0.3) is 0 Å². The van der Waals surface area contributed by atoms with Crippen molar-refractivity contribution in [1.82, 2.24) is 4.90 Å². The molecule has 0 spiro atoms. The van der Waals surface area contributed by atoms with Gasteiger partial charge in [-0.2, -0.15) is 0 Å². The van der Waals surface area contributed by atoms with Gasteiger partial charge in [0.1, 0.15) is 4.90 Å². The predicted molar refractivity (Wildman–Crippen MR) is 80.9 cm³/mol. The summed E-state index contributed by atoms with van der Waals surface area (Å²) in [5.41, 5.74) is -0.661. The fourth-order valence-electron chi connectivity index (χ4n) is 1.85. The van der Waals surface area contributed by atoms with Crippen LogP contribution in [0.25, 0.3) is 0 Å². The van der Waals surface area contributed by atoms with Crippen LogP contribution in [-0.4, -0.2) is 49.8 Å². The van der Waals surface area contributed by atoms with Gasteiger partial charge < -0.3 is 10.0 Å². The van der Waals surface area contributed by atoms with Gasteiger partial charge in [-0.3, -0.25) is 0 Å². The van der Waals surface area contributed by atoms with Crippen molar-refractivity contribution in [3.05, 3.63) is 28.0 Å². The van der Waals surface area contributed by atoms with Gasteiger partial charge in [-0.05, 0) is 25.2 Å². The first kappa shape index (κ1) is 18.1. The van der Waals surface area contributed by atoms with E-state index in [1.165, 1.54) is 0 Å². The van der Waals surface area contributed by atoms with E-state index < -0.39 is 32.1 Å². The van der Waals surface area contributed by atoms with Crippen LogP contribution in [0.4, 0.5) is 4.39 Å². The minimum atomic E-state index is -3.89. The summed E-state index contributed by atoms with van der Waals surface area (Å²) in [6.07, 6.45) is 0. The first-order valence-electron chi connectivity index (χ1n) is 6.40. The number of nitrogens with zero attached hydrogens (tertiary/aromatic N) is 1. The van der Waals surface area contributed by atoms with Crippen molar-refractivity contribution in [1.29, 1.82) is 0 Å². The molecule has 0 unspecified atom stereocenters. The van der Waals surface area contributed by atoms with E-state index in [2.05, 4.69) is 15.9 Å². The SMILES string of the molecule is CCN(CC)CCS(=O)(=O)c1cc(Br)cc(C(=O)O)c1F. The monoisotopic (exact) mass is 381 g/mol. The Balaban J connectivity index is 3.17. The minimum absolute atomic E-state index is 0.211. The van der Waals surface area contributed by atoms with Gasteiger partial charge in [0.2, 0.25) is 0 Å². The summed E-state index contributed by atoms with van der Waals surface area (Å²) in [5, 5.41) is 8.91. The molecule has 0 amide bonds. The highest BCUT2D eigenvalue weighted by Crippen LogP contribution is 2.25. The van der Waals surface area contributed by atoms with Crippen molar-refractivity contribution < 1.29 is 22.7 Å². The van der Waals surface area contributed by atoms with Gasteiger partial charge in [-0.15, -0.1) is 0 Å². The Bertz CT molecular complexity index is 629. The van der Waals surface area contributed by atoms with Crippen molar-refractivity contribution in [2.24, 2.45) is 0 Å². The van der Waals surface area contributed by atoms with Crippen LogP contribution < -0.4 is 0 Å². The Kier molecular flexibility index (Phi) is 6.30. The lowest BCUT2D eigenvalue weighted by molar-refractivity contribution is 0.0691. The third kappa shape index (κ3) is 4.49. The number of carboxylic acids is 1. The van der Waals surface area contributed by atoms with Crippen LogP contribution in [0.1, 0.15) is 24.2 Å². The molecule has 1 rings (SSSR count). The lowest BCUT2D eigenvalue weighted by Crippen LogP contribution is -2.29. The molecule has 0 heterocycles. The second-order valence-electron chi connectivity index (χ2n) is 4.42. The largest absolute Gasteiger partial charge is 0.478 e. The minimum Gasteiger partial charge on any atom is -0.478 e. The highest BCUT2D eigenvalue weighted by molar-refractivity contribution is 9.10. The number of aromatic carboxylic acids is 1.